The molecule has 0 spiro atoms. The Morgan fingerprint density at radius 1 is 0.963 bits per heavy atom. The van der Waals surface area contributed by atoms with Gasteiger partial charge in [-0.1, -0.05) is 6.08 Å². The average molecular weight is 371 g/mol. The van der Waals surface area contributed by atoms with E-state index in [0.29, 0.717) is 34.1 Å². The molecule has 0 N–H and O–H groups in total. The first-order valence-electron chi connectivity index (χ1n) is 7.93. The SMILES string of the molecule is COc1cc(/C=C/C(=O)c2ccc(OCC(=O)[O-])cc2)cc(OC)c1OC. The molecule has 0 fully saturated rings. The minimum absolute atomic E-state index is 0.227. The standard InChI is InChI=1S/C20H20O7/c1-24-17-10-13(11-18(25-2)20(17)26-3)4-9-16(21)14-5-7-15(8-6-14)27-12-19(22)23/h4-11H,12H2,1-3H3,(H,22,23)/p-1/b9-4+. The number of carbonyl (C=O) groups excluding carboxylic acids is 2. The summed E-state index contributed by atoms with van der Waals surface area (Å²) in [6, 6.07) is 9.58. The number of aliphatic carboxylic acids is 1. The number of carboxylic acid groups (broad SMARTS) is 1. The van der Waals surface area contributed by atoms with Crippen LogP contribution in [0.25, 0.3) is 6.08 Å². The van der Waals surface area contributed by atoms with Crippen molar-refractivity contribution >= 4 is 17.8 Å². The number of rotatable bonds is 9. The Morgan fingerprint density at radius 2 is 1.56 bits per heavy atom. The van der Waals surface area contributed by atoms with Crippen LogP contribution in [0.15, 0.2) is 42.5 Å². The molecule has 0 bridgehead atoms. The Labute approximate surface area is 156 Å². The summed E-state index contributed by atoms with van der Waals surface area (Å²) < 4.78 is 20.8. The van der Waals surface area contributed by atoms with Gasteiger partial charge in [-0.2, -0.15) is 0 Å². The smallest absolute Gasteiger partial charge is 0.203 e. The zero-order chi connectivity index (χ0) is 19.8. The lowest BCUT2D eigenvalue weighted by molar-refractivity contribution is -0.307. The van der Waals surface area contributed by atoms with Gasteiger partial charge in [0.2, 0.25) is 5.75 Å². The van der Waals surface area contributed by atoms with Crippen LogP contribution in [0.5, 0.6) is 23.0 Å². The van der Waals surface area contributed by atoms with Crippen molar-refractivity contribution in [1.82, 2.24) is 0 Å². The van der Waals surface area contributed by atoms with Gasteiger partial charge in [0.05, 0.1) is 27.3 Å². The molecule has 2 aromatic rings. The van der Waals surface area contributed by atoms with E-state index < -0.39 is 12.6 Å². The molecule has 0 radical (unpaired) electrons. The van der Waals surface area contributed by atoms with Gasteiger partial charge < -0.3 is 28.8 Å². The van der Waals surface area contributed by atoms with Crippen LogP contribution in [-0.4, -0.2) is 39.7 Å². The van der Waals surface area contributed by atoms with E-state index in [-0.39, 0.29) is 5.78 Å². The van der Waals surface area contributed by atoms with Crippen LogP contribution in [0.3, 0.4) is 0 Å². The first kappa shape index (κ1) is 19.8. The molecule has 0 heterocycles. The topological polar surface area (TPSA) is 94.1 Å². The van der Waals surface area contributed by atoms with Gasteiger partial charge in [0.1, 0.15) is 12.4 Å². The third kappa shape index (κ3) is 5.24. The summed E-state index contributed by atoms with van der Waals surface area (Å²) in [5, 5.41) is 10.4. The molecule has 0 amide bonds. The lowest BCUT2D eigenvalue weighted by atomic mass is 10.1. The predicted molar refractivity (Wildman–Crippen MR) is 96.4 cm³/mol. The molecular formula is C20H19O7-. The van der Waals surface area contributed by atoms with Crippen LogP contribution < -0.4 is 24.1 Å². The Bertz CT molecular complexity index is 813. The second-order valence-electron chi connectivity index (χ2n) is 5.34. The van der Waals surface area contributed by atoms with Gasteiger partial charge in [-0.15, -0.1) is 0 Å². The number of benzene rings is 2. The quantitative estimate of drug-likeness (QED) is 0.489. The molecule has 0 aliphatic rings. The fourth-order valence-corrected chi connectivity index (χ4v) is 2.32. The number of ketones is 1. The van der Waals surface area contributed by atoms with Crippen LogP contribution in [0.4, 0.5) is 0 Å². The minimum atomic E-state index is -1.32. The van der Waals surface area contributed by atoms with Crippen LogP contribution >= 0.6 is 0 Å². The van der Waals surface area contributed by atoms with E-state index in [0.717, 1.165) is 0 Å². The van der Waals surface area contributed by atoms with Crippen LogP contribution in [-0.2, 0) is 4.79 Å². The second kappa shape index (κ2) is 9.28. The molecule has 2 aromatic carbocycles. The number of ether oxygens (including phenoxy) is 4. The summed E-state index contributed by atoms with van der Waals surface area (Å²) in [6.45, 7) is -0.547. The maximum absolute atomic E-state index is 12.3. The second-order valence-corrected chi connectivity index (χ2v) is 5.34. The minimum Gasteiger partial charge on any atom is -0.546 e. The van der Waals surface area contributed by atoms with E-state index in [1.165, 1.54) is 39.5 Å². The van der Waals surface area contributed by atoms with E-state index in [1.54, 1.807) is 30.3 Å². The largest absolute Gasteiger partial charge is 0.546 e. The normalized spacial score (nSPS) is 10.5. The molecule has 0 aliphatic carbocycles. The summed E-state index contributed by atoms with van der Waals surface area (Å²) in [5.74, 6) is 0.232. The van der Waals surface area contributed by atoms with E-state index in [2.05, 4.69) is 0 Å². The Hall–Kier alpha value is -3.48. The number of carboxylic acids is 1. The van der Waals surface area contributed by atoms with Crippen molar-refractivity contribution in [2.45, 2.75) is 0 Å². The molecule has 7 nitrogen and oxygen atoms in total. The van der Waals surface area contributed by atoms with Gasteiger partial charge in [-0.25, -0.2) is 0 Å². The van der Waals surface area contributed by atoms with Crippen molar-refractivity contribution in [3.63, 3.8) is 0 Å². The fraction of sp³-hybridized carbons (Fsp3) is 0.200. The van der Waals surface area contributed by atoms with Crippen molar-refractivity contribution in [3.8, 4) is 23.0 Å². The summed E-state index contributed by atoms with van der Waals surface area (Å²) in [7, 11) is 4.54. The van der Waals surface area contributed by atoms with Crippen molar-refractivity contribution in [2.75, 3.05) is 27.9 Å². The highest BCUT2D eigenvalue weighted by atomic mass is 16.5. The zero-order valence-corrected chi connectivity index (χ0v) is 15.2. The van der Waals surface area contributed by atoms with Gasteiger partial charge in [0, 0.05) is 5.56 Å². The Morgan fingerprint density at radius 3 is 2.04 bits per heavy atom. The van der Waals surface area contributed by atoms with Crippen molar-refractivity contribution < 1.29 is 33.6 Å². The van der Waals surface area contributed by atoms with Crippen molar-refractivity contribution in [2.24, 2.45) is 0 Å². The maximum atomic E-state index is 12.3. The third-order valence-corrected chi connectivity index (χ3v) is 3.61. The number of carbonyl (C=O) groups is 2. The summed E-state index contributed by atoms with van der Waals surface area (Å²) in [5.41, 5.74) is 1.13. The van der Waals surface area contributed by atoms with Gasteiger partial charge in [0.25, 0.3) is 0 Å². The Balaban J connectivity index is 2.15. The Kier molecular flexibility index (Phi) is 6.82. The van der Waals surface area contributed by atoms with Gasteiger partial charge >= 0.3 is 0 Å². The van der Waals surface area contributed by atoms with Crippen molar-refractivity contribution in [3.05, 3.63) is 53.6 Å². The van der Waals surface area contributed by atoms with Crippen LogP contribution in [0.2, 0.25) is 0 Å². The lowest BCUT2D eigenvalue weighted by Gasteiger charge is -2.12. The summed E-state index contributed by atoms with van der Waals surface area (Å²) >= 11 is 0. The number of methoxy groups -OCH3 is 3. The first-order chi connectivity index (χ1) is 13.0. The molecular weight excluding hydrogens is 352 g/mol. The molecule has 0 unspecified atom stereocenters. The monoisotopic (exact) mass is 371 g/mol. The van der Waals surface area contributed by atoms with E-state index in [1.807, 2.05) is 0 Å². The third-order valence-electron chi connectivity index (χ3n) is 3.61. The highest BCUT2D eigenvalue weighted by Gasteiger charge is 2.12. The predicted octanol–water partition coefficient (Wildman–Crippen LogP) is 1.74. The molecule has 0 atom stereocenters. The van der Waals surface area contributed by atoms with E-state index >= 15 is 0 Å². The average Bonchev–Trinajstić information content (AvgIpc) is 2.69. The molecule has 0 aliphatic heterocycles. The summed E-state index contributed by atoms with van der Waals surface area (Å²) in [6.07, 6.45) is 3.05. The fourth-order valence-electron chi connectivity index (χ4n) is 2.32. The highest BCUT2D eigenvalue weighted by molar-refractivity contribution is 6.06. The lowest BCUT2D eigenvalue weighted by Crippen LogP contribution is -2.28. The molecule has 0 aromatic heterocycles. The maximum Gasteiger partial charge on any atom is 0.203 e. The molecule has 0 saturated carbocycles. The molecule has 142 valence electrons. The van der Waals surface area contributed by atoms with Gasteiger partial charge in [-0.05, 0) is 48.0 Å². The molecule has 27 heavy (non-hydrogen) atoms. The van der Waals surface area contributed by atoms with E-state index in [4.69, 9.17) is 18.9 Å². The van der Waals surface area contributed by atoms with Crippen LogP contribution in [0, 0.1) is 0 Å². The highest BCUT2D eigenvalue weighted by Crippen LogP contribution is 2.38. The first-order valence-corrected chi connectivity index (χ1v) is 7.93. The van der Waals surface area contributed by atoms with E-state index in [9.17, 15) is 14.7 Å². The van der Waals surface area contributed by atoms with Crippen molar-refractivity contribution in [1.29, 1.82) is 0 Å². The molecule has 2 rings (SSSR count). The molecule has 0 saturated heterocycles. The van der Waals surface area contributed by atoms with Gasteiger partial charge in [-0.3, -0.25) is 4.79 Å². The van der Waals surface area contributed by atoms with Crippen LogP contribution in [0.1, 0.15) is 15.9 Å². The number of hydrogen-bond acceptors (Lipinski definition) is 7. The molecule has 7 heteroatoms. The zero-order valence-electron chi connectivity index (χ0n) is 15.2. The number of hydrogen-bond donors (Lipinski definition) is 0. The number of allylic oxidation sites excluding steroid dienone is 1. The van der Waals surface area contributed by atoms with Gasteiger partial charge in [0.15, 0.2) is 17.3 Å². The summed E-state index contributed by atoms with van der Waals surface area (Å²) in [4.78, 5) is 22.7.